The van der Waals surface area contributed by atoms with Crippen LogP contribution in [0.5, 0.6) is 11.5 Å². The van der Waals surface area contributed by atoms with E-state index in [0.29, 0.717) is 28.4 Å². The zero-order valence-electron chi connectivity index (χ0n) is 15.9. The van der Waals surface area contributed by atoms with Gasteiger partial charge in [0.25, 0.3) is 15.9 Å². The van der Waals surface area contributed by atoms with E-state index in [9.17, 15) is 13.2 Å². The summed E-state index contributed by atoms with van der Waals surface area (Å²) >= 11 is 0. The fourth-order valence-electron chi connectivity index (χ4n) is 2.66. The Bertz CT molecular complexity index is 1110. The maximum absolute atomic E-state index is 12.6. The van der Waals surface area contributed by atoms with Crippen LogP contribution in [0, 0.1) is 0 Å². The molecule has 0 aliphatic heterocycles. The number of hydrogen-bond acceptors (Lipinski definition) is 5. The average Bonchev–Trinajstić information content (AvgIpc) is 2.73. The minimum absolute atomic E-state index is 0.150. The van der Waals surface area contributed by atoms with Crippen molar-refractivity contribution in [3.63, 3.8) is 0 Å². The Balaban J connectivity index is 1.79. The van der Waals surface area contributed by atoms with Gasteiger partial charge in [0.05, 0.1) is 30.4 Å². The van der Waals surface area contributed by atoms with E-state index in [4.69, 9.17) is 9.47 Å². The van der Waals surface area contributed by atoms with E-state index in [1.54, 1.807) is 54.6 Å². The van der Waals surface area contributed by atoms with Gasteiger partial charge in [-0.05, 0) is 42.5 Å². The van der Waals surface area contributed by atoms with E-state index in [1.165, 1.54) is 32.4 Å². The van der Waals surface area contributed by atoms with Crippen molar-refractivity contribution in [2.45, 2.75) is 4.90 Å². The number of carbonyl (C=O) groups is 1. The summed E-state index contributed by atoms with van der Waals surface area (Å²) in [5.74, 6) is 0.533. The maximum atomic E-state index is 12.6. The first kappa shape index (κ1) is 20.2. The van der Waals surface area contributed by atoms with Gasteiger partial charge in [-0.2, -0.15) is 0 Å². The van der Waals surface area contributed by atoms with Crippen molar-refractivity contribution in [1.82, 2.24) is 0 Å². The molecule has 0 aliphatic carbocycles. The zero-order valence-corrected chi connectivity index (χ0v) is 16.7. The summed E-state index contributed by atoms with van der Waals surface area (Å²) in [4.78, 5) is 12.8. The van der Waals surface area contributed by atoms with Gasteiger partial charge in [0.1, 0.15) is 11.5 Å². The highest BCUT2D eigenvalue weighted by molar-refractivity contribution is 7.92. The Morgan fingerprint density at radius 3 is 2.24 bits per heavy atom. The molecule has 0 heterocycles. The van der Waals surface area contributed by atoms with Crippen molar-refractivity contribution < 1.29 is 22.7 Å². The molecule has 3 rings (SSSR count). The Hall–Kier alpha value is -3.52. The fourth-order valence-corrected chi connectivity index (χ4v) is 3.73. The molecule has 0 spiro atoms. The Kier molecular flexibility index (Phi) is 6.04. The van der Waals surface area contributed by atoms with E-state index < -0.39 is 15.9 Å². The predicted molar refractivity (Wildman–Crippen MR) is 111 cm³/mol. The summed E-state index contributed by atoms with van der Waals surface area (Å²) in [6.45, 7) is 0. The van der Waals surface area contributed by atoms with Gasteiger partial charge in [0, 0.05) is 11.8 Å². The third-order valence-electron chi connectivity index (χ3n) is 4.08. The van der Waals surface area contributed by atoms with Crippen LogP contribution < -0.4 is 19.5 Å². The third kappa shape index (κ3) is 4.85. The van der Waals surface area contributed by atoms with Gasteiger partial charge in [-0.3, -0.25) is 9.52 Å². The van der Waals surface area contributed by atoms with Gasteiger partial charge >= 0.3 is 0 Å². The maximum Gasteiger partial charge on any atom is 0.261 e. The fraction of sp³-hybridized carbons (Fsp3) is 0.0952. The SMILES string of the molecule is COc1ccc(C(=O)Nc2cccc(NS(=O)(=O)c3ccccc3)c2)c(OC)c1. The summed E-state index contributed by atoms with van der Waals surface area (Å²) in [7, 11) is -0.739. The predicted octanol–water partition coefficient (Wildman–Crippen LogP) is 3.76. The lowest BCUT2D eigenvalue weighted by Gasteiger charge is -2.12. The number of anilines is 2. The van der Waals surface area contributed by atoms with Crippen molar-refractivity contribution >= 4 is 27.3 Å². The molecule has 0 atom stereocenters. The van der Waals surface area contributed by atoms with Crippen LogP contribution in [0.25, 0.3) is 0 Å². The van der Waals surface area contributed by atoms with Crippen molar-refractivity contribution in [2.24, 2.45) is 0 Å². The van der Waals surface area contributed by atoms with Crippen LogP contribution in [-0.4, -0.2) is 28.5 Å². The van der Waals surface area contributed by atoms with Gasteiger partial charge in [-0.25, -0.2) is 8.42 Å². The summed E-state index contributed by atoms with van der Waals surface area (Å²) in [6.07, 6.45) is 0. The van der Waals surface area contributed by atoms with Gasteiger partial charge in [0.2, 0.25) is 0 Å². The normalized spacial score (nSPS) is 10.8. The first-order valence-electron chi connectivity index (χ1n) is 8.64. The number of nitrogens with one attached hydrogen (secondary N) is 2. The van der Waals surface area contributed by atoms with E-state index in [1.807, 2.05) is 0 Å². The molecule has 3 aromatic rings. The molecule has 0 radical (unpaired) electrons. The summed E-state index contributed by atoms with van der Waals surface area (Å²) in [5.41, 5.74) is 1.08. The van der Waals surface area contributed by atoms with Gasteiger partial charge in [-0.1, -0.05) is 24.3 Å². The molecule has 0 aliphatic rings. The number of carbonyl (C=O) groups excluding carboxylic acids is 1. The molecule has 3 aromatic carbocycles. The Morgan fingerprint density at radius 1 is 0.828 bits per heavy atom. The van der Waals surface area contributed by atoms with Crippen molar-refractivity contribution in [3.05, 3.63) is 78.4 Å². The Morgan fingerprint density at radius 2 is 1.55 bits per heavy atom. The van der Waals surface area contributed by atoms with E-state index in [-0.39, 0.29) is 4.90 Å². The van der Waals surface area contributed by atoms with E-state index in [0.717, 1.165) is 0 Å². The van der Waals surface area contributed by atoms with Gasteiger partial charge in [-0.15, -0.1) is 0 Å². The largest absolute Gasteiger partial charge is 0.497 e. The highest BCUT2D eigenvalue weighted by Gasteiger charge is 2.16. The second kappa shape index (κ2) is 8.66. The second-order valence-electron chi connectivity index (χ2n) is 6.02. The van der Waals surface area contributed by atoms with Crippen LogP contribution in [0.3, 0.4) is 0 Å². The van der Waals surface area contributed by atoms with Gasteiger partial charge < -0.3 is 14.8 Å². The summed E-state index contributed by atoms with van der Waals surface area (Å²) in [5, 5.41) is 2.74. The number of rotatable bonds is 7. The minimum atomic E-state index is -3.73. The van der Waals surface area contributed by atoms with Crippen LogP contribution in [0.1, 0.15) is 10.4 Å². The molecule has 0 saturated carbocycles. The first-order valence-corrected chi connectivity index (χ1v) is 10.1. The summed E-state index contributed by atoms with van der Waals surface area (Å²) in [6, 6.07) is 19.3. The van der Waals surface area contributed by atoms with Crippen molar-refractivity contribution in [3.8, 4) is 11.5 Å². The lowest BCUT2D eigenvalue weighted by atomic mass is 10.1. The van der Waals surface area contributed by atoms with E-state index >= 15 is 0 Å². The Labute approximate surface area is 169 Å². The molecular formula is C21H20N2O5S. The minimum Gasteiger partial charge on any atom is -0.497 e. The number of ether oxygens (including phenoxy) is 2. The molecule has 0 aromatic heterocycles. The standard InChI is InChI=1S/C21H20N2O5S/c1-27-17-11-12-19(20(14-17)28-2)21(24)22-15-7-6-8-16(13-15)23-29(25,26)18-9-4-3-5-10-18/h3-14,23H,1-2H3,(H,22,24). The smallest absolute Gasteiger partial charge is 0.261 e. The lowest BCUT2D eigenvalue weighted by Crippen LogP contribution is -2.15. The number of hydrogen-bond donors (Lipinski definition) is 2. The average molecular weight is 412 g/mol. The molecule has 8 heteroatoms. The van der Waals surface area contributed by atoms with Crippen LogP contribution in [0.15, 0.2) is 77.7 Å². The van der Waals surface area contributed by atoms with Crippen molar-refractivity contribution in [2.75, 3.05) is 24.3 Å². The van der Waals surface area contributed by atoms with Gasteiger partial charge in [0.15, 0.2) is 0 Å². The van der Waals surface area contributed by atoms with Crippen LogP contribution in [0.2, 0.25) is 0 Å². The quantitative estimate of drug-likeness (QED) is 0.616. The number of sulfonamides is 1. The molecule has 29 heavy (non-hydrogen) atoms. The molecule has 0 bridgehead atoms. The molecule has 1 amide bonds. The molecular weight excluding hydrogens is 392 g/mol. The molecule has 0 saturated heterocycles. The monoisotopic (exact) mass is 412 g/mol. The highest BCUT2D eigenvalue weighted by Crippen LogP contribution is 2.26. The van der Waals surface area contributed by atoms with Crippen molar-refractivity contribution in [1.29, 1.82) is 0 Å². The number of benzene rings is 3. The van der Waals surface area contributed by atoms with Crippen LogP contribution in [-0.2, 0) is 10.0 Å². The molecule has 0 unspecified atom stereocenters. The zero-order chi connectivity index (χ0) is 20.9. The number of amides is 1. The second-order valence-corrected chi connectivity index (χ2v) is 7.70. The molecule has 0 fully saturated rings. The lowest BCUT2D eigenvalue weighted by molar-refractivity contribution is 0.102. The third-order valence-corrected chi connectivity index (χ3v) is 5.48. The molecule has 2 N–H and O–H groups in total. The highest BCUT2D eigenvalue weighted by atomic mass is 32.2. The first-order chi connectivity index (χ1) is 13.9. The molecule has 7 nitrogen and oxygen atoms in total. The van der Waals surface area contributed by atoms with E-state index in [2.05, 4.69) is 10.0 Å². The van der Waals surface area contributed by atoms with Crippen LogP contribution >= 0.6 is 0 Å². The molecule has 150 valence electrons. The van der Waals surface area contributed by atoms with Crippen LogP contribution in [0.4, 0.5) is 11.4 Å². The topological polar surface area (TPSA) is 93.7 Å². The summed E-state index contributed by atoms with van der Waals surface area (Å²) < 4.78 is 37.8. The number of methoxy groups -OCH3 is 2.